The molecule has 10 heteroatoms. The molecule has 0 unspecified atom stereocenters. The van der Waals surface area contributed by atoms with Crippen molar-refractivity contribution in [3.05, 3.63) is 84.2 Å². The lowest BCUT2D eigenvalue weighted by Gasteiger charge is -2.10. The van der Waals surface area contributed by atoms with Crippen molar-refractivity contribution in [1.82, 2.24) is 15.6 Å². The molecule has 3 amide bonds. The van der Waals surface area contributed by atoms with E-state index >= 15 is 0 Å². The molecule has 4 N–H and O–H groups in total. The normalized spacial score (nSPS) is 10.9. The summed E-state index contributed by atoms with van der Waals surface area (Å²) in [5, 5.41) is 16.6. The molecule has 3 rings (SSSR count). The second-order valence-corrected chi connectivity index (χ2v) is 8.65. The van der Waals surface area contributed by atoms with E-state index in [-0.39, 0.29) is 28.5 Å². The molecule has 0 saturated heterocycles. The summed E-state index contributed by atoms with van der Waals surface area (Å²) in [4.78, 5) is 28.0. The quantitative estimate of drug-likeness (QED) is 0.411. The smallest absolute Gasteiger partial charge is 0.319 e. The van der Waals surface area contributed by atoms with Crippen LogP contribution in [-0.2, 0) is 16.4 Å². The van der Waals surface area contributed by atoms with Crippen molar-refractivity contribution in [2.75, 3.05) is 18.5 Å². The van der Waals surface area contributed by atoms with Crippen molar-refractivity contribution in [2.45, 2.75) is 16.3 Å². The van der Waals surface area contributed by atoms with Crippen LogP contribution in [0.3, 0.4) is 0 Å². The lowest BCUT2D eigenvalue weighted by atomic mass is 10.2. The number of carbonyl (C=O) groups is 2. The number of aliphatic hydroxyl groups is 1. The van der Waals surface area contributed by atoms with Gasteiger partial charge in [-0.1, -0.05) is 6.07 Å². The molecule has 1 heterocycles. The molecular formula is C22H22N4O5S. The van der Waals surface area contributed by atoms with Gasteiger partial charge in [-0.2, -0.15) is 0 Å². The molecule has 0 aliphatic heterocycles. The Morgan fingerprint density at radius 2 is 1.62 bits per heavy atom. The summed E-state index contributed by atoms with van der Waals surface area (Å²) in [6.07, 6.45) is 3.26. The molecule has 9 nitrogen and oxygen atoms in total. The highest BCUT2D eigenvalue weighted by Gasteiger charge is 2.19. The SMILES string of the molecule is O=C(NCc1ccncc1)Nc1ccc(S(=O)(=O)c2cccc(C(=O)NCCO)c2)cc1. The Balaban J connectivity index is 1.67. The number of nitrogens with zero attached hydrogens (tertiary/aromatic N) is 1. The van der Waals surface area contributed by atoms with Gasteiger partial charge in [-0.05, 0) is 60.2 Å². The monoisotopic (exact) mass is 454 g/mol. The number of anilines is 1. The number of pyridine rings is 1. The minimum Gasteiger partial charge on any atom is -0.395 e. The zero-order chi connectivity index (χ0) is 23.0. The third-order valence-corrected chi connectivity index (χ3v) is 6.20. The van der Waals surface area contributed by atoms with Crippen molar-refractivity contribution >= 4 is 27.5 Å². The molecule has 0 aliphatic rings. The first-order valence-electron chi connectivity index (χ1n) is 9.68. The number of hydrogen-bond donors (Lipinski definition) is 4. The van der Waals surface area contributed by atoms with Crippen LogP contribution in [0.1, 0.15) is 15.9 Å². The Hall–Kier alpha value is -3.76. The number of amides is 3. The van der Waals surface area contributed by atoms with E-state index in [1.165, 1.54) is 48.5 Å². The van der Waals surface area contributed by atoms with E-state index in [0.29, 0.717) is 12.2 Å². The fourth-order valence-electron chi connectivity index (χ4n) is 2.79. The van der Waals surface area contributed by atoms with Crippen LogP contribution in [0, 0.1) is 0 Å². The number of aliphatic hydroxyl groups excluding tert-OH is 1. The van der Waals surface area contributed by atoms with E-state index in [4.69, 9.17) is 5.11 Å². The van der Waals surface area contributed by atoms with Crippen molar-refractivity contribution in [2.24, 2.45) is 0 Å². The van der Waals surface area contributed by atoms with E-state index in [9.17, 15) is 18.0 Å². The predicted molar refractivity (Wildman–Crippen MR) is 118 cm³/mol. The van der Waals surface area contributed by atoms with Crippen LogP contribution >= 0.6 is 0 Å². The summed E-state index contributed by atoms with van der Waals surface area (Å²) >= 11 is 0. The number of benzene rings is 2. The van der Waals surface area contributed by atoms with Crippen LogP contribution < -0.4 is 16.0 Å². The number of nitrogens with one attached hydrogen (secondary N) is 3. The third kappa shape index (κ3) is 5.90. The van der Waals surface area contributed by atoms with Crippen molar-refractivity contribution in [3.63, 3.8) is 0 Å². The first-order valence-corrected chi connectivity index (χ1v) is 11.2. The van der Waals surface area contributed by atoms with Crippen LogP contribution in [0.25, 0.3) is 0 Å². The van der Waals surface area contributed by atoms with Gasteiger partial charge >= 0.3 is 6.03 Å². The topological polar surface area (TPSA) is 137 Å². The highest BCUT2D eigenvalue weighted by atomic mass is 32.2. The zero-order valence-corrected chi connectivity index (χ0v) is 17.8. The Morgan fingerprint density at radius 1 is 0.906 bits per heavy atom. The van der Waals surface area contributed by atoms with Crippen LogP contribution in [0.4, 0.5) is 10.5 Å². The molecule has 0 fully saturated rings. The second kappa shape index (κ2) is 10.5. The van der Waals surface area contributed by atoms with Crippen LogP contribution in [0.15, 0.2) is 82.8 Å². The summed E-state index contributed by atoms with van der Waals surface area (Å²) in [7, 11) is -3.87. The minimum atomic E-state index is -3.87. The van der Waals surface area contributed by atoms with Crippen LogP contribution in [0.2, 0.25) is 0 Å². The molecule has 0 saturated carbocycles. The molecule has 0 atom stereocenters. The molecule has 3 aromatic rings. The molecule has 1 aromatic heterocycles. The molecule has 0 aliphatic carbocycles. The van der Waals surface area contributed by atoms with Gasteiger partial charge < -0.3 is 21.1 Å². The first kappa shape index (κ1) is 22.9. The van der Waals surface area contributed by atoms with Crippen molar-refractivity contribution in [1.29, 1.82) is 0 Å². The zero-order valence-electron chi connectivity index (χ0n) is 17.0. The maximum Gasteiger partial charge on any atom is 0.319 e. The highest BCUT2D eigenvalue weighted by molar-refractivity contribution is 7.91. The van der Waals surface area contributed by atoms with Gasteiger partial charge in [0.2, 0.25) is 9.84 Å². The number of aromatic nitrogens is 1. The van der Waals surface area contributed by atoms with E-state index in [1.807, 2.05) is 0 Å². The van der Waals surface area contributed by atoms with Gasteiger partial charge in [-0.15, -0.1) is 0 Å². The van der Waals surface area contributed by atoms with Gasteiger partial charge in [0.15, 0.2) is 0 Å². The summed E-state index contributed by atoms with van der Waals surface area (Å²) in [5.41, 5.74) is 1.49. The summed E-state index contributed by atoms with van der Waals surface area (Å²) in [6, 6.07) is 14.5. The molecule has 0 bridgehead atoms. The molecule has 166 valence electrons. The van der Waals surface area contributed by atoms with E-state index in [2.05, 4.69) is 20.9 Å². The third-order valence-electron chi connectivity index (χ3n) is 4.43. The van der Waals surface area contributed by atoms with Gasteiger partial charge in [-0.3, -0.25) is 9.78 Å². The summed E-state index contributed by atoms with van der Waals surface area (Å²) < 4.78 is 25.9. The summed E-state index contributed by atoms with van der Waals surface area (Å²) in [5.74, 6) is -0.478. The van der Waals surface area contributed by atoms with Crippen molar-refractivity contribution < 1.29 is 23.1 Å². The molecule has 32 heavy (non-hydrogen) atoms. The first-order chi connectivity index (χ1) is 15.4. The fraction of sp³-hybridized carbons (Fsp3) is 0.136. The fourth-order valence-corrected chi connectivity index (χ4v) is 4.09. The van der Waals surface area contributed by atoms with Crippen LogP contribution in [-0.4, -0.2) is 43.6 Å². The number of carbonyl (C=O) groups excluding carboxylic acids is 2. The average molecular weight is 455 g/mol. The van der Waals surface area contributed by atoms with Crippen molar-refractivity contribution in [3.8, 4) is 0 Å². The molecule has 0 radical (unpaired) electrons. The van der Waals surface area contributed by atoms with Gasteiger partial charge in [-0.25, -0.2) is 13.2 Å². The number of rotatable bonds is 8. The lowest BCUT2D eigenvalue weighted by molar-refractivity contribution is 0.0944. The van der Waals surface area contributed by atoms with E-state index in [1.54, 1.807) is 24.5 Å². The van der Waals surface area contributed by atoms with Gasteiger partial charge in [0, 0.05) is 36.7 Å². The standard InChI is InChI=1S/C22H22N4O5S/c27-13-12-24-21(28)17-2-1-3-20(14-17)32(30,31)19-6-4-18(5-7-19)26-22(29)25-15-16-8-10-23-11-9-16/h1-11,14,27H,12-13,15H2,(H,24,28)(H2,25,26,29). The largest absolute Gasteiger partial charge is 0.395 e. The van der Waals surface area contributed by atoms with Gasteiger partial charge in [0.05, 0.1) is 16.4 Å². The number of hydrogen-bond acceptors (Lipinski definition) is 6. The predicted octanol–water partition coefficient (Wildman–Crippen LogP) is 1.96. The second-order valence-electron chi connectivity index (χ2n) is 6.70. The summed E-state index contributed by atoms with van der Waals surface area (Å²) in [6.45, 7) is 0.176. The van der Waals surface area contributed by atoms with E-state index in [0.717, 1.165) is 5.56 Å². The number of urea groups is 1. The van der Waals surface area contributed by atoms with Gasteiger partial charge in [0.1, 0.15) is 0 Å². The van der Waals surface area contributed by atoms with E-state index < -0.39 is 21.8 Å². The maximum atomic E-state index is 12.9. The van der Waals surface area contributed by atoms with Gasteiger partial charge in [0.25, 0.3) is 5.91 Å². The number of sulfone groups is 1. The maximum absolute atomic E-state index is 12.9. The molecule has 0 spiro atoms. The molecular weight excluding hydrogens is 432 g/mol. The highest BCUT2D eigenvalue weighted by Crippen LogP contribution is 2.23. The minimum absolute atomic E-state index is 0.0214. The Morgan fingerprint density at radius 3 is 2.31 bits per heavy atom. The Bertz CT molecular complexity index is 1180. The Kier molecular flexibility index (Phi) is 7.53. The lowest BCUT2D eigenvalue weighted by Crippen LogP contribution is -2.28. The molecule has 2 aromatic carbocycles. The van der Waals surface area contributed by atoms with Crippen LogP contribution in [0.5, 0.6) is 0 Å². The average Bonchev–Trinajstić information content (AvgIpc) is 2.82. The Labute approximate surface area is 185 Å².